The summed E-state index contributed by atoms with van der Waals surface area (Å²) in [6.07, 6.45) is 5.52. The Balaban J connectivity index is 1.17. The van der Waals surface area contributed by atoms with E-state index in [0.717, 1.165) is 18.4 Å². The standard InChI is InChI=1S/C24H23ClN6O3/c25-16-4-2-1-3-13(16)15-9-17(15)28-24(34)19-8-12-7-18(12)31(19)21(32)11-30-20-10-27-6-5-14(20)22(29-30)23(26)33/h1-6,10,12,15,17-19H,7-9,11H2,(H2,26,33)(H,28,34)/t12-,15-,17+,18?,19+/m1/s1. The second-order valence-electron chi connectivity index (χ2n) is 9.36. The molecule has 5 atom stereocenters. The fraction of sp³-hybridized carbons (Fsp3) is 0.375. The molecule has 3 aromatic rings. The van der Waals surface area contributed by atoms with E-state index in [1.54, 1.807) is 23.4 Å². The normalized spacial score (nSPS) is 26.9. The topological polar surface area (TPSA) is 123 Å². The summed E-state index contributed by atoms with van der Waals surface area (Å²) < 4.78 is 1.45. The summed E-state index contributed by atoms with van der Waals surface area (Å²) in [7, 11) is 0. The zero-order chi connectivity index (χ0) is 23.6. The SMILES string of the molecule is NC(=O)c1nn(CC(=O)N2C3C[C@@H]3C[C@H]2C(=O)N[C@H]2C[C@@H]2c2ccccc2Cl)c2cnccc12. The third-order valence-corrected chi connectivity index (χ3v) is 7.53. The Labute approximate surface area is 200 Å². The van der Waals surface area contributed by atoms with Crippen LogP contribution in [0.3, 0.4) is 0 Å². The molecule has 0 bridgehead atoms. The number of nitrogens with zero attached hydrogens (tertiary/aromatic N) is 4. The van der Waals surface area contributed by atoms with E-state index < -0.39 is 11.9 Å². The Morgan fingerprint density at radius 3 is 2.76 bits per heavy atom. The predicted octanol–water partition coefficient (Wildman–Crippen LogP) is 1.85. The maximum absolute atomic E-state index is 13.4. The third-order valence-electron chi connectivity index (χ3n) is 7.19. The smallest absolute Gasteiger partial charge is 0.269 e. The molecule has 10 heteroatoms. The Morgan fingerprint density at radius 2 is 1.97 bits per heavy atom. The number of pyridine rings is 1. The molecular weight excluding hydrogens is 456 g/mol. The number of fused-ring (bicyclic) bond motifs is 2. The van der Waals surface area contributed by atoms with Crippen molar-refractivity contribution >= 4 is 40.2 Å². The summed E-state index contributed by atoms with van der Waals surface area (Å²) in [5.41, 5.74) is 7.16. The first-order valence-corrected chi connectivity index (χ1v) is 11.8. The molecule has 3 aliphatic rings. The van der Waals surface area contributed by atoms with Crippen LogP contribution in [0.25, 0.3) is 10.9 Å². The zero-order valence-corrected chi connectivity index (χ0v) is 19.0. The molecule has 3 amide bonds. The van der Waals surface area contributed by atoms with Gasteiger partial charge in [0.25, 0.3) is 5.91 Å². The minimum absolute atomic E-state index is 0.0283. The average Bonchev–Trinajstić information content (AvgIpc) is 3.69. The molecule has 3 fully saturated rings. The molecular formula is C24H23ClN6O3. The first-order valence-electron chi connectivity index (χ1n) is 11.4. The minimum Gasteiger partial charge on any atom is -0.364 e. The van der Waals surface area contributed by atoms with Crippen molar-refractivity contribution in [3.05, 3.63) is 59.0 Å². The van der Waals surface area contributed by atoms with Gasteiger partial charge in [-0.15, -0.1) is 0 Å². The van der Waals surface area contributed by atoms with Crippen LogP contribution >= 0.6 is 11.6 Å². The third kappa shape index (κ3) is 3.51. The summed E-state index contributed by atoms with van der Waals surface area (Å²) in [6, 6.07) is 8.94. The lowest BCUT2D eigenvalue weighted by Gasteiger charge is -2.27. The fourth-order valence-corrected chi connectivity index (χ4v) is 5.61. The molecule has 3 N–H and O–H groups in total. The van der Waals surface area contributed by atoms with E-state index in [4.69, 9.17) is 17.3 Å². The number of likely N-dealkylation sites (tertiary alicyclic amines) is 1. The van der Waals surface area contributed by atoms with Crippen molar-refractivity contribution < 1.29 is 14.4 Å². The van der Waals surface area contributed by atoms with Crippen molar-refractivity contribution in [1.29, 1.82) is 0 Å². The van der Waals surface area contributed by atoms with Gasteiger partial charge in [-0.2, -0.15) is 5.10 Å². The average molecular weight is 479 g/mol. The van der Waals surface area contributed by atoms with Gasteiger partial charge in [-0.25, -0.2) is 0 Å². The second kappa shape index (κ2) is 7.80. The largest absolute Gasteiger partial charge is 0.364 e. The number of primary amides is 1. The molecule has 2 saturated carbocycles. The number of benzene rings is 1. The van der Waals surface area contributed by atoms with Gasteiger partial charge in [-0.05, 0) is 42.9 Å². The summed E-state index contributed by atoms with van der Waals surface area (Å²) in [6.45, 7) is -0.0891. The molecule has 1 unspecified atom stereocenters. The lowest BCUT2D eigenvalue weighted by atomic mass is 10.1. The molecule has 1 aromatic carbocycles. The van der Waals surface area contributed by atoms with Gasteiger partial charge in [0, 0.05) is 34.6 Å². The van der Waals surface area contributed by atoms with E-state index in [2.05, 4.69) is 15.4 Å². The molecule has 0 radical (unpaired) electrons. The zero-order valence-electron chi connectivity index (χ0n) is 18.2. The molecule has 2 aromatic heterocycles. The molecule has 2 aliphatic carbocycles. The highest BCUT2D eigenvalue weighted by Crippen LogP contribution is 2.49. The summed E-state index contributed by atoms with van der Waals surface area (Å²) in [5.74, 6) is -0.429. The van der Waals surface area contributed by atoms with Crippen LogP contribution in [0.1, 0.15) is 41.2 Å². The van der Waals surface area contributed by atoms with Crippen LogP contribution in [0, 0.1) is 5.92 Å². The maximum atomic E-state index is 13.4. The van der Waals surface area contributed by atoms with E-state index in [1.807, 2.05) is 24.3 Å². The summed E-state index contributed by atoms with van der Waals surface area (Å²) in [4.78, 5) is 44.1. The van der Waals surface area contributed by atoms with Gasteiger partial charge in [0.15, 0.2) is 5.69 Å². The maximum Gasteiger partial charge on any atom is 0.269 e. The van der Waals surface area contributed by atoms with Gasteiger partial charge in [-0.3, -0.25) is 24.0 Å². The number of hydrogen-bond acceptors (Lipinski definition) is 5. The molecule has 0 spiro atoms. The van der Waals surface area contributed by atoms with Gasteiger partial charge in [-0.1, -0.05) is 29.8 Å². The van der Waals surface area contributed by atoms with E-state index in [9.17, 15) is 14.4 Å². The lowest BCUT2D eigenvalue weighted by Crippen LogP contribution is -2.49. The Hall–Kier alpha value is -3.46. The van der Waals surface area contributed by atoms with Gasteiger partial charge in [0.2, 0.25) is 11.8 Å². The van der Waals surface area contributed by atoms with E-state index >= 15 is 0 Å². The molecule has 9 nitrogen and oxygen atoms in total. The van der Waals surface area contributed by atoms with Crippen LogP contribution in [-0.2, 0) is 16.1 Å². The first kappa shape index (κ1) is 21.1. The number of hydrogen-bond donors (Lipinski definition) is 2. The van der Waals surface area contributed by atoms with Crippen LogP contribution in [0.5, 0.6) is 0 Å². The van der Waals surface area contributed by atoms with E-state index in [0.29, 0.717) is 28.3 Å². The molecule has 3 heterocycles. The molecule has 1 saturated heterocycles. The highest BCUT2D eigenvalue weighted by Gasteiger charge is 2.56. The van der Waals surface area contributed by atoms with Gasteiger partial charge in [0.05, 0.1) is 11.7 Å². The fourth-order valence-electron chi connectivity index (χ4n) is 5.33. The van der Waals surface area contributed by atoms with Crippen molar-refractivity contribution in [3.63, 3.8) is 0 Å². The van der Waals surface area contributed by atoms with Gasteiger partial charge in [0.1, 0.15) is 12.6 Å². The molecule has 174 valence electrons. The quantitative estimate of drug-likeness (QED) is 0.559. The molecule has 6 rings (SSSR count). The van der Waals surface area contributed by atoms with Crippen LogP contribution in [0.4, 0.5) is 0 Å². The van der Waals surface area contributed by atoms with E-state index in [1.165, 1.54) is 4.68 Å². The van der Waals surface area contributed by atoms with Crippen molar-refractivity contribution in [3.8, 4) is 0 Å². The van der Waals surface area contributed by atoms with Crippen LogP contribution in [0.2, 0.25) is 5.02 Å². The Morgan fingerprint density at radius 1 is 1.15 bits per heavy atom. The number of carbonyl (C=O) groups is 3. The second-order valence-corrected chi connectivity index (χ2v) is 9.76. The van der Waals surface area contributed by atoms with Crippen molar-refractivity contribution in [2.45, 2.75) is 49.9 Å². The first-order chi connectivity index (χ1) is 16.4. The highest BCUT2D eigenvalue weighted by molar-refractivity contribution is 6.31. The number of rotatable bonds is 6. The Kier molecular flexibility index (Phi) is 4.84. The highest BCUT2D eigenvalue weighted by atomic mass is 35.5. The summed E-state index contributed by atoms with van der Waals surface area (Å²) >= 11 is 6.31. The van der Waals surface area contributed by atoms with Crippen LogP contribution < -0.4 is 11.1 Å². The van der Waals surface area contributed by atoms with Crippen molar-refractivity contribution in [2.24, 2.45) is 11.7 Å². The van der Waals surface area contributed by atoms with Gasteiger partial charge >= 0.3 is 0 Å². The Bertz CT molecular complexity index is 1340. The predicted molar refractivity (Wildman–Crippen MR) is 124 cm³/mol. The van der Waals surface area contributed by atoms with E-state index in [-0.39, 0.29) is 42.1 Å². The monoisotopic (exact) mass is 478 g/mol. The number of aromatic nitrogens is 3. The number of amides is 3. The number of nitrogens with two attached hydrogens (primary N) is 1. The number of nitrogens with one attached hydrogen (secondary N) is 1. The molecule has 1 aliphatic heterocycles. The van der Waals surface area contributed by atoms with Crippen LogP contribution in [0.15, 0.2) is 42.7 Å². The minimum atomic E-state index is -0.666. The van der Waals surface area contributed by atoms with Crippen molar-refractivity contribution in [2.75, 3.05) is 0 Å². The number of piperidine rings is 1. The lowest BCUT2D eigenvalue weighted by molar-refractivity contribution is -0.140. The summed E-state index contributed by atoms with van der Waals surface area (Å²) in [5, 5.41) is 8.64. The number of halogens is 1. The van der Waals surface area contributed by atoms with Crippen LogP contribution in [-0.4, -0.2) is 55.5 Å². The molecule has 34 heavy (non-hydrogen) atoms. The van der Waals surface area contributed by atoms with Gasteiger partial charge < -0.3 is 16.0 Å². The van der Waals surface area contributed by atoms with Crippen molar-refractivity contribution in [1.82, 2.24) is 25.0 Å². The number of carbonyl (C=O) groups excluding carboxylic acids is 3.